The molecular weight excluding hydrogens is 259 g/mol. The average Bonchev–Trinajstić information content (AvgIpc) is 2.89. The lowest BCUT2D eigenvalue weighted by atomic mass is 10.0. The molecule has 0 saturated heterocycles. The van der Waals surface area contributed by atoms with Gasteiger partial charge in [0.2, 0.25) is 0 Å². The van der Waals surface area contributed by atoms with Crippen LogP contribution in [-0.2, 0) is 6.54 Å². The lowest BCUT2D eigenvalue weighted by Gasteiger charge is -2.15. The van der Waals surface area contributed by atoms with Gasteiger partial charge in [0, 0.05) is 18.3 Å². The lowest BCUT2D eigenvalue weighted by molar-refractivity contribution is 0.385. The molecule has 0 amide bonds. The molecule has 20 heavy (non-hydrogen) atoms. The number of methoxy groups -OCH3 is 1. The van der Waals surface area contributed by atoms with Crippen LogP contribution in [-0.4, -0.2) is 16.9 Å². The van der Waals surface area contributed by atoms with Crippen LogP contribution in [0.4, 0.5) is 4.39 Å². The quantitative estimate of drug-likeness (QED) is 0.626. The lowest BCUT2D eigenvalue weighted by Crippen LogP contribution is -2.28. The number of hydrogen-bond donors (Lipinski definition) is 2. The van der Waals surface area contributed by atoms with Gasteiger partial charge in [0.25, 0.3) is 0 Å². The van der Waals surface area contributed by atoms with Crippen molar-refractivity contribution in [1.82, 2.24) is 15.2 Å². The van der Waals surface area contributed by atoms with E-state index in [1.165, 1.54) is 13.2 Å². The molecule has 5 nitrogen and oxygen atoms in total. The summed E-state index contributed by atoms with van der Waals surface area (Å²) in [5.41, 5.74) is 4.31. The molecule has 108 valence electrons. The molecule has 1 aromatic carbocycles. The summed E-state index contributed by atoms with van der Waals surface area (Å²) >= 11 is 0. The van der Waals surface area contributed by atoms with Crippen LogP contribution in [0.5, 0.6) is 5.75 Å². The van der Waals surface area contributed by atoms with E-state index in [-0.39, 0.29) is 11.8 Å². The van der Waals surface area contributed by atoms with Crippen molar-refractivity contribution in [3.8, 4) is 5.75 Å². The van der Waals surface area contributed by atoms with E-state index in [2.05, 4.69) is 17.4 Å². The maximum absolute atomic E-state index is 13.8. The monoisotopic (exact) mass is 278 g/mol. The molecule has 3 N–H and O–H groups in total. The Balaban J connectivity index is 2.28. The summed E-state index contributed by atoms with van der Waals surface area (Å²) in [4.78, 5) is 0. The maximum atomic E-state index is 13.8. The third-order valence-corrected chi connectivity index (χ3v) is 3.12. The maximum Gasteiger partial charge on any atom is 0.165 e. The molecule has 1 atom stereocenters. The van der Waals surface area contributed by atoms with Crippen molar-refractivity contribution in [3.63, 3.8) is 0 Å². The van der Waals surface area contributed by atoms with Crippen LogP contribution in [0.25, 0.3) is 0 Å². The summed E-state index contributed by atoms with van der Waals surface area (Å²) in [6.07, 6.45) is 4.65. The zero-order valence-electron chi connectivity index (χ0n) is 11.6. The highest BCUT2D eigenvalue weighted by Gasteiger charge is 2.16. The summed E-state index contributed by atoms with van der Waals surface area (Å²) in [6.45, 7) is 2.92. The third-order valence-electron chi connectivity index (χ3n) is 3.12. The fourth-order valence-electron chi connectivity index (χ4n) is 2.13. The Labute approximate surface area is 117 Å². The van der Waals surface area contributed by atoms with Gasteiger partial charge in [-0.1, -0.05) is 13.0 Å². The van der Waals surface area contributed by atoms with Crippen LogP contribution in [0.3, 0.4) is 0 Å². The van der Waals surface area contributed by atoms with Crippen molar-refractivity contribution in [1.29, 1.82) is 0 Å². The second-order valence-corrected chi connectivity index (χ2v) is 4.53. The summed E-state index contributed by atoms with van der Waals surface area (Å²) in [5.74, 6) is 5.40. The van der Waals surface area contributed by atoms with Crippen molar-refractivity contribution in [2.75, 3.05) is 7.11 Å². The highest BCUT2D eigenvalue weighted by molar-refractivity contribution is 5.35. The molecule has 1 unspecified atom stereocenters. The van der Waals surface area contributed by atoms with Gasteiger partial charge in [-0.25, -0.2) is 9.82 Å². The van der Waals surface area contributed by atoms with E-state index in [1.807, 2.05) is 10.9 Å². The Kier molecular flexibility index (Phi) is 4.70. The second-order valence-electron chi connectivity index (χ2n) is 4.53. The number of ether oxygens (including phenoxy) is 1. The topological polar surface area (TPSA) is 65.1 Å². The Morgan fingerprint density at radius 1 is 1.45 bits per heavy atom. The molecule has 1 aromatic heterocycles. The number of nitrogens with two attached hydrogens (primary N) is 1. The van der Waals surface area contributed by atoms with E-state index in [0.29, 0.717) is 0 Å². The largest absolute Gasteiger partial charge is 0.494 e. The Bertz CT molecular complexity index is 570. The zero-order valence-corrected chi connectivity index (χ0v) is 11.6. The number of hydrazine groups is 1. The predicted molar refractivity (Wildman–Crippen MR) is 74.6 cm³/mol. The van der Waals surface area contributed by atoms with Gasteiger partial charge in [-0.05, 0) is 24.1 Å². The molecule has 0 fully saturated rings. The van der Waals surface area contributed by atoms with Crippen LogP contribution >= 0.6 is 0 Å². The van der Waals surface area contributed by atoms with Crippen LogP contribution < -0.4 is 16.0 Å². The van der Waals surface area contributed by atoms with Crippen molar-refractivity contribution >= 4 is 0 Å². The molecule has 0 spiro atoms. The van der Waals surface area contributed by atoms with Gasteiger partial charge in [-0.15, -0.1) is 0 Å². The molecule has 0 radical (unpaired) electrons. The van der Waals surface area contributed by atoms with Gasteiger partial charge in [0.05, 0.1) is 19.3 Å². The number of hydrogen-bond acceptors (Lipinski definition) is 4. The summed E-state index contributed by atoms with van der Waals surface area (Å²) in [7, 11) is 1.44. The molecule has 0 aliphatic heterocycles. The third kappa shape index (κ3) is 2.97. The number of rotatable bonds is 6. The number of aromatic nitrogens is 2. The van der Waals surface area contributed by atoms with E-state index in [1.54, 1.807) is 18.3 Å². The molecule has 0 bridgehead atoms. The minimum Gasteiger partial charge on any atom is -0.494 e. The minimum absolute atomic E-state index is 0.214. The van der Waals surface area contributed by atoms with Crippen LogP contribution in [0.15, 0.2) is 30.6 Å². The number of aryl methyl sites for hydroxylation is 1. The van der Waals surface area contributed by atoms with Gasteiger partial charge in [0.1, 0.15) is 0 Å². The highest BCUT2D eigenvalue weighted by atomic mass is 19.1. The van der Waals surface area contributed by atoms with Crippen molar-refractivity contribution in [2.45, 2.75) is 25.9 Å². The molecule has 0 aliphatic carbocycles. The molecule has 2 rings (SSSR count). The summed E-state index contributed by atoms with van der Waals surface area (Å²) in [6, 6.07) is 4.48. The van der Waals surface area contributed by atoms with Gasteiger partial charge in [-0.2, -0.15) is 5.10 Å². The normalized spacial score (nSPS) is 12.4. The first-order valence-corrected chi connectivity index (χ1v) is 6.51. The summed E-state index contributed by atoms with van der Waals surface area (Å²) < 4.78 is 20.5. The minimum atomic E-state index is -0.411. The molecule has 6 heteroatoms. The second kappa shape index (κ2) is 6.49. The molecule has 0 aliphatic rings. The SMILES string of the molecule is CCCn1cc(C(NN)c2ccc(OC)c(F)c2)cn1. The highest BCUT2D eigenvalue weighted by Crippen LogP contribution is 2.25. The van der Waals surface area contributed by atoms with Gasteiger partial charge in [-0.3, -0.25) is 10.5 Å². The van der Waals surface area contributed by atoms with Crippen LogP contribution in [0.1, 0.15) is 30.5 Å². The van der Waals surface area contributed by atoms with Gasteiger partial charge < -0.3 is 4.74 Å². The standard InChI is InChI=1S/C14H19FN4O/c1-3-6-19-9-11(8-17-19)14(18-16)10-4-5-13(20-2)12(15)7-10/h4-5,7-9,14,18H,3,6,16H2,1-2H3. The van der Waals surface area contributed by atoms with Crippen molar-refractivity contribution < 1.29 is 9.13 Å². The van der Waals surface area contributed by atoms with E-state index in [9.17, 15) is 4.39 Å². The van der Waals surface area contributed by atoms with Gasteiger partial charge in [0.15, 0.2) is 11.6 Å². The first kappa shape index (κ1) is 14.5. The fourth-order valence-corrected chi connectivity index (χ4v) is 2.13. The summed E-state index contributed by atoms with van der Waals surface area (Å²) in [5, 5.41) is 4.26. The number of benzene rings is 1. The van der Waals surface area contributed by atoms with E-state index < -0.39 is 5.82 Å². The molecule has 1 heterocycles. The Morgan fingerprint density at radius 2 is 2.25 bits per heavy atom. The predicted octanol–water partition coefficient (Wildman–Crippen LogP) is 1.99. The smallest absolute Gasteiger partial charge is 0.165 e. The number of nitrogens with zero attached hydrogens (tertiary/aromatic N) is 2. The van der Waals surface area contributed by atoms with Crippen molar-refractivity contribution in [2.24, 2.45) is 5.84 Å². The van der Waals surface area contributed by atoms with Crippen molar-refractivity contribution in [3.05, 3.63) is 47.5 Å². The fraction of sp³-hybridized carbons (Fsp3) is 0.357. The van der Waals surface area contributed by atoms with Crippen LogP contribution in [0.2, 0.25) is 0 Å². The number of nitrogens with one attached hydrogen (secondary N) is 1. The zero-order chi connectivity index (χ0) is 14.5. The first-order chi connectivity index (χ1) is 9.69. The number of halogens is 1. The first-order valence-electron chi connectivity index (χ1n) is 6.51. The average molecular weight is 278 g/mol. The van der Waals surface area contributed by atoms with Crippen LogP contribution in [0, 0.1) is 5.82 Å². The van der Waals surface area contributed by atoms with E-state index >= 15 is 0 Å². The van der Waals surface area contributed by atoms with Gasteiger partial charge >= 0.3 is 0 Å². The van der Waals surface area contributed by atoms with E-state index in [4.69, 9.17) is 10.6 Å². The van der Waals surface area contributed by atoms with E-state index in [0.717, 1.165) is 24.1 Å². The molecule has 2 aromatic rings. The molecule has 0 saturated carbocycles. The Hall–Kier alpha value is -1.92. The molecular formula is C14H19FN4O. The Morgan fingerprint density at radius 3 is 2.85 bits per heavy atom.